The van der Waals surface area contributed by atoms with Crippen LogP contribution in [0.4, 0.5) is 0 Å². The number of hydrogen-bond acceptors (Lipinski definition) is 2. The Labute approximate surface area is 160 Å². The van der Waals surface area contributed by atoms with E-state index in [9.17, 15) is 0 Å². The molecule has 3 atom stereocenters. The molecule has 0 amide bonds. The van der Waals surface area contributed by atoms with Crippen LogP contribution < -0.4 is 5.32 Å². The van der Waals surface area contributed by atoms with Crippen molar-refractivity contribution in [2.45, 2.75) is 37.6 Å². The van der Waals surface area contributed by atoms with E-state index < -0.39 is 0 Å². The highest BCUT2D eigenvalue weighted by Gasteiger charge is 2.40. The Morgan fingerprint density at radius 3 is 3.00 bits per heavy atom. The van der Waals surface area contributed by atoms with E-state index in [-0.39, 0.29) is 0 Å². The van der Waals surface area contributed by atoms with Gasteiger partial charge in [0.05, 0.1) is 6.20 Å². The molecule has 3 unspecified atom stereocenters. The second-order valence-corrected chi connectivity index (χ2v) is 7.76. The first kappa shape index (κ1) is 17.4. The van der Waals surface area contributed by atoms with Gasteiger partial charge in [0.1, 0.15) is 0 Å². The topological polar surface area (TPSA) is 45.5 Å². The minimum atomic E-state index is 0.455. The minimum absolute atomic E-state index is 0.455. The highest BCUT2D eigenvalue weighted by Crippen LogP contribution is 2.41. The summed E-state index contributed by atoms with van der Waals surface area (Å²) in [5.74, 6) is 2.12. The smallest absolute Gasteiger partial charge is 0.194 e. The lowest BCUT2D eigenvalue weighted by molar-refractivity contribution is 0.483. The molecule has 138 valence electrons. The predicted molar refractivity (Wildman–Crippen MR) is 106 cm³/mol. The molecule has 1 aromatic carbocycles. The van der Waals surface area contributed by atoms with Crippen LogP contribution in [0.25, 0.3) is 0 Å². The number of halogens is 1. The van der Waals surface area contributed by atoms with Crippen LogP contribution in [0.2, 0.25) is 5.02 Å². The van der Waals surface area contributed by atoms with Gasteiger partial charge in [-0.3, -0.25) is 9.67 Å². The number of likely N-dealkylation sites (tertiary alicyclic amines) is 1. The van der Waals surface area contributed by atoms with E-state index in [0.29, 0.717) is 17.9 Å². The van der Waals surface area contributed by atoms with Gasteiger partial charge in [-0.05, 0) is 43.0 Å². The van der Waals surface area contributed by atoms with E-state index >= 15 is 0 Å². The van der Waals surface area contributed by atoms with E-state index in [1.54, 1.807) is 0 Å². The van der Waals surface area contributed by atoms with Crippen LogP contribution in [-0.2, 0) is 7.05 Å². The van der Waals surface area contributed by atoms with Crippen molar-refractivity contribution in [1.82, 2.24) is 20.0 Å². The highest BCUT2D eigenvalue weighted by molar-refractivity contribution is 6.30. The summed E-state index contributed by atoms with van der Waals surface area (Å²) in [5.41, 5.74) is 2.65. The van der Waals surface area contributed by atoms with Crippen molar-refractivity contribution in [3.8, 4) is 0 Å². The van der Waals surface area contributed by atoms with Gasteiger partial charge in [-0.1, -0.05) is 23.7 Å². The van der Waals surface area contributed by atoms with Gasteiger partial charge in [0.2, 0.25) is 0 Å². The van der Waals surface area contributed by atoms with Gasteiger partial charge in [-0.25, -0.2) is 0 Å². The number of rotatable bonds is 4. The summed E-state index contributed by atoms with van der Waals surface area (Å²) in [5, 5.41) is 8.82. The number of nitrogens with zero attached hydrogens (tertiary/aromatic N) is 4. The molecule has 2 fully saturated rings. The van der Waals surface area contributed by atoms with Crippen molar-refractivity contribution < 1.29 is 0 Å². The van der Waals surface area contributed by atoms with Crippen molar-refractivity contribution in [3.63, 3.8) is 0 Å². The first-order valence-corrected chi connectivity index (χ1v) is 9.81. The van der Waals surface area contributed by atoms with Crippen LogP contribution in [0.1, 0.15) is 42.7 Å². The number of aryl methyl sites for hydroxylation is 1. The summed E-state index contributed by atoms with van der Waals surface area (Å²) < 4.78 is 1.89. The SMILES string of the molecule is CCN=C(NC1CC1c1cccc(Cl)c1)N1CCC(c2cnn(C)c2)C1. The fourth-order valence-corrected chi connectivity index (χ4v) is 4.09. The molecule has 5 nitrogen and oxygen atoms in total. The number of nitrogens with one attached hydrogen (secondary N) is 1. The van der Waals surface area contributed by atoms with Crippen molar-refractivity contribution in [2.24, 2.45) is 12.0 Å². The van der Waals surface area contributed by atoms with Gasteiger partial charge in [0.15, 0.2) is 5.96 Å². The van der Waals surface area contributed by atoms with Crippen molar-refractivity contribution in [2.75, 3.05) is 19.6 Å². The van der Waals surface area contributed by atoms with Gasteiger partial charge in [-0.15, -0.1) is 0 Å². The lowest BCUT2D eigenvalue weighted by Gasteiger charge is -2.22. The Balaban J connectivity index is 1.39. The van der Waals surface area contributed by atoms with Crippen LogP contribution in [0, 0.1) is 0 Å². The maximum Gasteiger partial charge on any atom is 0.194 e. The van der Waals surface area contributed by atoms with Crippen LogP contribution in [0.5, 0.6) is 0 Å². The Morgan fingerprint density at radius 1 is 1.38 bits per heavy atom. The fraction of sp³-hybridized carbons (Fsp3) is 0.500. The highest BCUT2D eigenvalue weighted by atomic mass is 35.5. The Bertz CT molecular complexity index is 799. The maximum absolute atomic E-state index is 6.14. The van der Waals surface area contributed by atoms with Crippen molar-refractivity contribution in [3.05, 3.63) is 52.8 Å². The summed E-state index contributed by atoms with van der Waals surface area (Å²) in [6.45, 7) is 4.94. The molecule has 2 aliphatic rings. The number of hydrogen-bond donors (Lipinski definition) is 1. The second-order valence-electron chi connectivity index (χ2n) is 7.32. The summed E-state index contributed by atoms with van der Waals surface area (Å²) in [4.78, 5) is 7.15. The van der Waals surface area contributed by atoms with Crippen molar-refractivity contribution in [1.29, 1.82) is 0 Å². The zero-order chi connectivity index (χ0) is 18.1. The molecule has 6 heteroatoms. The standard InChI is InChI=1S/C20H26ClN5/c1-3-22-20(24-19-10-18(19)14-5-4-6-17(21)9-14)26-8-7-15(13-26)16-11-23-25(2)12-16/h4-6,9,11-12,15,18-19H,3,7-8,10,13H2,1-2H3,(H,22,24). The van der Waals surface area contributed by atoms with E-state index in [0.717, 1.165) is 43.5 Å². The molecule has 1 saturated carbocycles. The molecule has 2 aromatic rings. The molecule has 0 bridgehead atoms. The van der Waals surface area contributed by atoms with Gasteiger partial charge < -0.3 is 10.2 Å². The summed E-state index contributed by atoms with van der Waals surface area (Å²) in [6, 6.07) is 8.67. The molecule has 2 heterocycles. The molecule has 1 aromatic heterocycles. The summed E-state index contributed by atoms with van der Waals surface area (Å²) >= 11 is 6.14. The monoisotopic (exact) mass is 371 g/mol. The van der Waals surface area contributed by atoms with E-state index in [4.69, 9.17) is 16.6 Å². The molecule has 26 heavy (non-hydrogen) atoms. The van der Waals surface area contributed by atoms with Crippen LogP contribution >= 0.6 is 11.6 Å². The molecule has 0 radical (unpaired) electrons. The normalized spacial score (nSPS) is 25.6. The summed E-state index contributed by atoms with van der Waals surface area (Å²) in [6.07, 6.45) is 6.42. The lowest BCUT2D eigenvalue weighted by atomic mass is 10.0. The molecule has 4 rings (SSSR count). The van der Waals surface area contributed by atoms with Gasteiger partial charge in [-0.2, -0.15) is 5.10 Å². The predicted octanol–water partition coefficient (Wildman–Crippen LogP) is 3.38. The molecule has 1 aliphatic heterocycles. The average molecular weight is 372 g/mol. The lowest BCUT2D eigenvalue weighted by Crippen LogP contribution is -2.41. The Kier molecular flexibility index (Phi) is 4.90. The first-order valence-electron chi connectivity index (χ1n) is 9.44. The Morgan fingerprint density at radius 2 is 2.27 bits per heavy atom. The molecular formula is C20H26ClN5. The van der Waals surface area contributed by atoms with Gasteiger partial charge in [0.25, 0.3) is 0 Å². The van der Waals surface area contributed by atoms with Gasteiger partial charge >= 0.3 is 0 Å². The number of aromatic nitrogens is 2. The largest absolute Gasteiger partial charge is 0.353 e. The van der Waals surface area contributed by atoms with Crippen LogP contribution in [0.15, 0.2) is 41.7 Å². The quantitative estimate of drug-likeness (QED) is 0.662. The van der Waals surface area contributed by atoms with Crippen molar-refractivity contribution >= 4 is 17.6 Å². The molecule has 1 saturated heterocycles. The molecule has 0 spiro atoms. The fourth-order valence-electron chi connectivity index (χ4n) is 3.89. The van der Waals surface area contributed by atoms with Gasteiger partial charge in [0, 0.05) is 55.8 Å². The Hall–Kier alpha value is -2.01. The maximum atomic E-state index is 6.14. The number of aliphatic imine (C=N–C) groups is 1. The van der Waals surface area contributed by atoms with E-state index in [2.05, 4.69) is 40.6 Å². The van der Waals surface area contributed by atoms with E-state index in [1.807, 2.05) is 30.1 Å². The molecular weight excluding hydrogens is 346 g/mol. The van der Waals surface area contributed by atoms with Crippen LogP contribution in [-0.4, -0.2) is 46.3 Å². The summed E-state index contributed by atoms with van der Waals surface area (Å²) in [7, 11) is 1.98. The first-order chi connectivity index (χ1) is 12.6. The third kappa shape index (κ3) is 3.73. The second kappa shape index (κ2) is 7.31. The molecule has 1 N–H and O–H groups in total. The average Bonchev–Trinajstić information content (AvgIpc) is 3.02. The van der Waals surface area contributed by atoms with Crippen LogP contribution in [0.3, 0.4) is 0 Å². The third-order valence-corrected chi connectivity index (χ3v) is 5.61. The number of benzene rings is 1. The molecule has 1 aliphatic carbocycles. The zero-order valence-electron chi connectivity index (χ0n) is 15.4. The minimum Gasteiger partial charge on any atom is -0.353 e. The number of guanidine groups is 1. The zero-order valence-corrected chi connectivity index (χ0v) is 16.2. The third-order valence-electron chi connectivity index (χ3n) is 5.37. The van der Waals surface area contributed by atoms with E-state index in [1.165, 1.54) is 11.1 Å².